The average molecular weight is 326 g/mol. The molecule has 0 saturated carbocycles. The summed E-state index contributed by atoms with van der Waals surface area (Å²) in [7, 11) is 0. The Morgan fingerprint density at radius 2 is 1.26 bits per heavy atom. The van der Waals surface area contributed by atoms with Crippen molar-refractivity contribution in [2.24, 2.45) is 17.2 Å². The number of hydrogen-bond donors (Lipinski definition) is 4. The molecule has 0 radical (unpaired) electrons. The van der Waals surface area contributed by atoms with E-state index in [0.717, 1.165) is 38.8 Å². The summed E-state index contributed by atoms with van der Waals surface area (Å²) in [5.74, 6) is 0. The van der Waals surface area contributed by atoms with E-state index in [9.17, 15) is 0 Å². The van der Waals surface area contributed by atoms with Gasteiger partial charge in [-0.2, -0.15) is 0 Å². The van der Waals surface area contributed by atoms with Gasteiger partial charge in [-0.3, -0.25) is 0 Å². The first-order valence-corrected chi connectivity index (χ1v) is 9.01. The van der Waals surface area contributed by atoms with Crippen LogP contribution in [0.1, 0.15) is 57.4 Å². The number of nitrogens with two attached hydrogens (primary N) is 3. The third-order valence-corrected chi connectivity index (χ3v) is 3.18. The van der Waals surface area contributed by atoms with Crippen molar-refractivity contribution >= 4 is 0 Å². The Morgan fingerprint density at radius 3 is 1.65 bits per heavy atom. The van der Waals surface area contributed by atoms with Crippen molar-refractivity contribution in [1.82, 2.24) is 0 Å². The van der Waals surface area contributed by atoms with Crippen LogP contribution >= 0.6 is 0 Å². The minimum Gasteiger partial charge on any atom is -0.396 e. The molecule has 0 saturated heterocycles. The highest BCUT2D eigenvalue weighted by Crippen LogP contribution is 2.03. The molecule has 0 aromatic heterocycles. The highest BCUT2D eigenvalue weighted by atomic mass is 16.2. The van der Waals surface area contributed by atoms with Gasteiger partial charge in [0, 0.05) is 6.61 Å². The standard InChI is InChI=1S/C10H15N.C5H13N.C4H11NO/c11-9-5-4-8-10-6-2-1-3-7-10;1-2-3-4-5-6;5-3-1-2-4-6/h1-3,6-7H,4-5,8-9,11H2;2-6H2,1H3;6H,1-5H2. The second kappa shape index (κ2) is 23.3. The number of rotatable bonds is 10. The van der Waals surface area contributed by atoms with Crippen molar-refractivity contribution in [2.45, 2.75) is 58.3 Å². The van der Waals surface area contributed by atoms with Crippen LogP contribution in [0.2, 0.25) is 0 Å². The van der Waals surface area contributed by atoms with Crippen LogP contribution in [0.4, 0.5) is 0 Å². The quantitative estimate of drug-likeness (QED) is 0.497. The lowest BCUT2D eigenvalue weighted by atomic mass is 10.1. The summed E-state index contributed by atoms with van der Waals surface area (Å²) in [6.07, 6.45) is 9.05. The zero-order chi connectivity index (χ0) is 17.6. The Kier molecular flexibility index (Phi) is 24.7. The molecule has 136 valence electrons. The molecule has 0 aliphatic rings. The van der Waals surface area contributed by atoms with Gasteiger partial charge in [0.25, 0.3) is 0 Å². The van der Waals surface area contributed by atoms with E-state index in [1.807, 2.05) is 6.07 Å². The Morgan fingerprint density at radius 1 is 0.739 bits per heavy atom. The predicted molar refractivity (Wildman–Crippen MR) is 102 cm³/mol. The van der Waals surface area contributed by atoms with Crippen LogP contribution in [0, 0.1) is 0 Å². The fourth-order valence-corrected chi connectivity index (χ4v) is 1.77. The zero-order valence-electron chi connectivity index (χ0n) is 15.1. The largest absolute Gasteiger partial charge is 0.396 e. The smallest absolute Gasteiger partial charge is 0.0431 e. The molecule has 7 N–H and O–H groups in total. The molecule has 0 unspecified atom stereocenters. The SMILES string of the molecule is CCCCCN.NCCCCO.NCCCCc1ccccc1. The number of hydrogen-bond acceptors (Lipinski definition) is 4. The monoisotopic (exact) mass is 325 g/mol. The van der Waals surface area contributed by atoms with Crippen LogP contribution in [0.5, 0.6) is 0 Å². The van der Waals surface area contributed by atoms with Crippen molar-refractivity contribution < 1.29 is 5.11 Å². The van der Waals surface area contributed by atoms with Gasteiger partial charge in [-0.05, 0) is 63.7 Å². The van der Waals surface area contributed by atoms with E-state index in [4.69, 9.17) is 22.3 Å². The molecule has 1 aromatic carbocycles. The van der Waals surface area contributed by atoms with Crippen LogP contribution in [-0.4, -0.2) is 31.3 Å². The number of aliphatic hydroxyl groups is 1. The Hall–Kier alpha value is -0.940. The minimum absolute atomic E-state index is 0.275. The summed E-state index contributed by atoms with van der Waals surface area (Å²) < 4.78 is 0. The van der Waals surface area contributed by atoms with Crippen molar-refractivity contribution in [3.63, 3.8) is 0 Å². The molecule has 0 atom stereocenters. The van der Waals surface area contributed by atoms with Gasteiger partial charge in [-0.1, -0.05) is 50.1 Å². The van der Waals surface area contributed by atoms with Crippen LogP contribution in [0.15, 0.2) is 30.3 Å². The maximum absolute atomic E-state index is 8.14. The second-order valence-corrected chi connectivity index (χ2v) is 5.45. The maximum atomic E-state index is 8.14. The van der Waals surface area contributed by atoms with Gasteiger partial charge in [0.05, 0.1) is 0 Å². The first kappa shape index (κ1) is 24.3. The zero-order valence-corrected chi connectivity index (χ0v) is 15.1. The normalized spacial score (nSPS) is 9.43. The van der Waals surface area contributed by atoms with Crippen molar-refractivity contribution in [2.75, 3.05) is 26.2 Å². The number of unbranched alkanes of at least 4 members (excludes halogenated alkanes) is 4. The van der Waals surface area contributed by atoms with E-state index in [-0.39, 0.29) is 6.61 Å². The fourth-order valence-electron chi connectivity index (χ4n) is 1.77. The molecule has 0 heterocycles. The summed E-state index contributed by atoms with van der Waals surface area (Å²) in [5, 5.41) is 8.14. The molecule has 1 rings (SSSR count). The molecule has 4 heteroatoms. The average Bonchev–Trinajstić information content (AvgIpc) is 2.60. The summed E-state index contributed by atoms with van der Waals surface area (Å²) in [5.41, 5.74) is 17.1. The van der Waals surface area contributed by atoms with Gasteiger partial charge in [0.1, 0.15) is 0 Å². The Bertz CT molecular complexity index is 278. The number of aliphatic hydroxyl groups excluding tert-OH is 1. The summed E-state index contributed by atoms with van der Waals surface area (Å²) in [4.78, 5) is 0. The first-order chi connectivity index (χ1) is 11.3. The van der Waals surface area contributed by atoms with Gasteiger partial charge in [0.2, 0.25) is 0 Å². The molecule has 0 amide bonds. The number of aryl methyl sites for hydroxylation is 1. The van der Waals surface area contributed by atoms with E-state index >= 15 is 0 Å². The molecule has 0 fully saturated rings. The van der Waals surface area contributed by atoms with Crippen LogP contribution < -0.4 is 17.2 Å². The molecular weight excluding hydrogens is 286 g/mol. The van der Waals surface area contributed by atoms with Gasteiger partial charge in [0.15, 0.2) is 0 Å². The van der Waals surface area contributed by atoms with E-state index in [1.165, 1.54) is 31.2 Å². The molecule has 1 aromatic rings. The van der Waals surface area contributed by atoms with Gasteiger partial charge < -0.3 is 22.3 Å². The van der Waals surface area contributed by atoms with E-state index in [2.05, 4.69) is 31.2 Å². The lowest BCUT2D eigenvalue weighted by molar-refractivity contribution is 0.285. The molecular formula is C19H39N3O. The van der Waals surface area contributed by atoms with Crippen LogP contribution in [-0.2, 0) is 6.42 Å². The molecule has 0 aliphatic heterocycles. The molecule has 4 nitrogen and oxygen atoms in total. The summed E-state index contributed by atoms with van der Waals surface area (Å²) >= 11 is 0. The van der Waals surface area contributed by atoms with Crippen molar-refractivity contribution in [1.29, 1.82) is 0 Å². The predicted octanol–water partition coefficient (Wildman–Crippen LogP) is 2.82. The minimum atomic E-state index is 0.275. The molecule has 0 aliphatic carbocycles. The van der Waals surface area contributed by atoms with Crippen LogP contribution in [0.25, 0.3) is 0 Å². The highest BCUT2D eigenvalue weighted by molar-refractivity contribution is 5.14. The summed E-state index contributed by atoms with van der Waals surface area (Å²) in [6.45, 7) is 4.81. The van der Waals surface area contributed by atoms with Crippen LogP contribution in [0.3, 0.4) is 0 Å². The molecule has 0 spiro atoms. The van der Waals surface area contributed by atoms with Gasteiger partial charge in [-0.25, -0.2) is 0 Å². The van der Waals surface area contributed by atoms with Gasteiger partial charge >= 0.3 is 0 Å². The molecule has 0 bridgehead atoms. The first-order valence-electron chi connectivity index (χ1n) is 9.01. The highest BCUT2D eigenvalue weighted by Gasteiger charge is 1.89. The summed E-state index contributed by atoms with van der Waals surface area (Å²) in [6, 6.07) is 10.5. The lowest BCUT2D eigenvalue weighted by Crippen LogP contribution is -1.98. The van der Waals surface area contributed by atoms with Gasteiger partial charge in [-0.15, -0.1) is 0 Å². The Labute approximate surface area is 143 Å². The van der Waals surface area contributed by atoms with Crippen molar-refractivity contribution in [3.05, 3.63) is 35.9 Å². The number of benzene rings is 1. The maximum Gasteiger partial charge on any atom is 0.0431 e. The van der Waals surface area contributed by atoms with E-state index in [1.54, 1.807) is 0 Å². The third-order valence-electron chi connectivity index (χ3n) is 3.18. The third kappa shape index (κ3) is 23.5. The van der Waals surface area contributed by atoms with E-state index in [0.29, 0.717) is 6.54 Å². The second-order valence-electron chi connectivity index (χ2n) is 5.45. The Balaban J connectivity index is 0. The van der Waals surface area contributed by atoms with Crippen molar-refractivity contribution in [3.8, 4) is 0 Å². The molecule has 23 heavy (non-hydrogen) atoms. The van der Waals surface area contributed by atoms with E-state index < -0.39 is 0 Å². The fraction of sp³-hybridized carbons (Fsp3) is 0.684. The lowest BCUT2D eigenvalue weighted by Gasteiger charge is -1.98. The topological polar surface area (TPSA) is 98.3 Å².